The van der Waals surface area contributed by atoms with Crippen molar-refractivity contribution < 1.29 is 22.7 Å². The molecule has 1 aromatic carbocycles. The number of sulfone groups is 1. The van der Waals surface area contributed by atoms with Gasteiger partial charge in [0.15, 0.2) is 21.3 Å². The average molecular weight is 327 g/mol. The number of carbonyl (C=O) groups excluding carboxylic acids is 1. The Hall–Kier alpha value is -1.76. The Kier molecular flexibility index (Phi) is 5.28. The number of rotatable bonds is 6. The van der Waals surface area contributed by atoms with Crippen molar-refractivity contribution in [2.45, 2.75) is 12.8 Å². The number of amides is 1. The van der Waals surface area contributed by atoms with E-state index in [0.29, 0.717) is 30.9 Å². The first-order chi connectivity index (χ1) is 10.4. The molecular formula is C15H21NO5S. The normalized spacial score (nSPS) is 19.6. The van der Waals surface area contributed by atoms with E-state index in [1.807, 2.05) is 18.2 Å². The zero-order chi connectivity index (χ0) is 16.2. The molecule has 2 rings (SSSR count). The summed E-state index contributed by atoms with van der Waals surface area (Å²) in [6, 6.07) is 5.60. The molecule has 0 radical (unpaired) electrons. The molecule has 7 heteroatoms. The van der Waals surface area contributed by atoms with Crippen molar-refractivity contribution in [2.75, 3.05) is 32.3 Å². The molecule has 1 heterocycles. The van der Waals surface area contributed by atoms with Crippen molar-refractivity contribution in [1.82, 2.24) is 5.32 Å². The topological polar surface area (TPSA) is 81.7 Å². The zero-order valence-corrected chi connectivity index (χ0v) is 13.6. The molecule has 1 saturated heterocycles. The molecular weight excluding hydrogens is 306 g/mol. The largest absolute Gasteiger partial charge is 0.493 e. The molecule has 22 heavy (non-hydrogen) atoms. The van der Waals surface area contributed by atoms with E-state index in [1.165, 1.54) is 0 Å². The minimum atomic E-state index is -3.03. The number of hydrogen-bond acceptors (Lipinski definition) is 5. The third-order valence-corrected chi connectivity index (χ3v) is 5.53. The number of ether oxygens (including phenoxy) is 2. The number of nitrogens with one attached hydrogen (secondary N) is 1. The Morgan fingerprint density at radius 1 is 1.27 bits per heavy atom. The minimum Gasteiger partial charge on any atom is -0.493 e. The predicted octanol–water partition coefficient (Wildman–Crippen LogP) is 0.797. The van der Waals surface area contributed by atoms with Gasteiger partial charge in [-0.1, -0.05) is 6.07 Å². The Labute approximate surface area is 130 Å². The Morgan fingerprint density at radius 2 is 2.00 bits per heavy atom. The van der Waals surface area contributed by atoms with Crippen molar-refractivity contribution >= 4 is 15.7 Å². The average Bonchev–Trinajstić information content (AvgIpc) is 2.87. The van der Waals surface area contributed by atoms with Gasteiger partial charge in [0.25, 0.3) is 0 Å². The fourth-order valence-corrected chi connectivity index (χ4v) is 4.25. The van der Waals surface area contributed by atoms with Crippen LogP contribution in [0.3, 0.4) is 0 Å². The van der Waals surface area contributed by atoms with E-state index in [-0.39, 0.29) is 17.4 Å². The highest BCUT2D eigenvalue weighted by Crippen LogP contribution is 2.27. The second kappa shape index (κ2) is 7.00. The maximum atomic E-state index is 11.9. The molecule has 1 amide bonds. The predicted molar refractivity (Wildman–Crippen MR) is 83.0 cm³/mol. The van der Waals surface area contributed by atoms with E-state index in [0.717, 1.165) is 5.56 Å². The summed E-state index contributed by atoms with van der Waals surface area (Å²) in [5, 5.41) is 2.80. The summed E-state index contributed by atoms with van der Waals surface area (Å²) in [4.78, 5) is 11.9. The molecule has 1 N–H and O–H groups in total. The van der Waals surface area contributed by atoms with E-state index in [9.17, 15) is 13.2 Å². The van der Waals surface area contributed by atoms with Crippen molar-refractivity contribution in [1.29, 1.82) is 0 Å². The monoisotopic (exact) mass is 327 g/mol. The van der Waals surface area contributed by atoms with Crippen LogP contribution in [0.2, 0.25) is 0 Å². The van der Waals surface area contributed by atoms with Gasteiger partial charge in [0.05, 0.1) is 31.6 Å². The van der Waals surface area contributed by atoms with Crippen LogP contribution in [0.15, 0.2) is 18.2 Å². The van der Waals surface area contributed by atoms with Gasteiger partial charge in [0.2, 0.25) is 5.91 Å². The number of methoxy groups -OCH3 is 2. The summed E-state index contributed by atoms with van der Waals surface area (Å²) >= 11 is 0. The van der Waals surface area contributed by atoms with Gasteiger partial charge in [-0.3, -0.25) is 4.79 Å². The van der Waals surface area contributed by atoms with Crippen molar-refractivity contribution in [3.05, 3.63) is 23.8 Å². The van der Waals surface area contributed by atoms with E-state index >= 15 is 0 Å². The van der Waals surface area contributed by atoms with Gasteiger partial charge in [0.1, 0.15) is 0 Å². The molecule has 1 aromatic rings. The molecule has 0 spiro atoms. The molecule has 122 valence electrons. The van der Waals surface area contributed by atoms with Crippen LogP contribution in [-0.4, -0.2) is 46.6 Å². The molecule has 1 atom stereocenters. The molecule has 0 aliphatic carbocycles. The van der Waals surface area contributed by atoms with Gasteiger partial charge in [0, 0.05) is 6.54 Å². The Morgan fingerprint density at radius 3 is 2.59 bits per heavy atom. The van der Waals surface area contributed by atoms with Crippen LogP contribution >= 0.6 is 0 Å². The SMILES string of the molecule is COc1ccc(CCNC(=O)[C@H]2CCS(=O)(=O)C2)cc1OC. The van der Waals surface area contributed by atoms with Gasteiger partial charge in [-0.05, 0) is 30.5 Å². The molecule has 0 unspecified atom stereocenters. The number of hydrogen-bond donors (Lipinski definition) is 1. The summed E-state index contributed by atoms with van der Waals surface area (Å²) < 4.78 is 33.1. The lowest BCUT2D eigenvalue weighted by atomic mass is 10.1. The fourth-order valence-electron chi connectivity index (χ4n) is 2.51. The smallest absolute Gasteiger partial charge is 0.224 e. The van der Waals surface area contributed by atoms with E-state index in [2.05, 4.69) is 5.32 Å². The lowest BCUT2D eigenvalue weighted by molar-refractivity contribution is -0.124. The van der Waals surface area contributed by atoms with Crippen LogP contribution in [0.1, 0.15) is 12.0 Å². The van der Waals surface area contributed by atoms with Gasteiger partial charge in [-0.25, -0.2) is 8.42 Å². The maximum Gasteiger partial charge on any atom is 0.224 e. The highest BCUT2D eigenvalue weighted by atomic mass is 32.2. The van der Waals surface area contributed by atoms with E-state index < -0.39 is 15.8 Å². The van der Waals surface area contributed by atoms with E-state index in [1.54, 1.807) is 14.2 Å². The van der Waals surface area contributed by atoms with Crippen LogP contribution < -0.4 is 14.8 Å². The molecule has 1 aliphatic heterocycles. The van der Waals surface area contributed by atoms with Crippen LogP contribution in [0, 0.1) is 5.92 Å². The molecule has 6 nitrogen and oxygen atoms in total. The van der Waals surface area contributed by atoms with Gasteiger partial charge in [-0.2, -0.15) is 0 Å². The van der Waals surface area contributed by atoms with Crippen molar-refractivity contribution in [3.8, 4) is 11.5 Å². The maximum absolute atomic E-state index is 11.9. The summed E-state index contributed by atoms with van der Waals surface area (Å²) in [5.74, 6) is 0.798. The first-order valence-corrected chi connectivity index (χ1v) is 8.96. The lowest BCUT2D eigenvalue weighted by Gasteiger charge is -2.11. The lowest BCUT2D eigenvalue weighted by Crippen LogP contribution is -2.32. The molecule has 0 aromatic heterocycles. The Balaban J connectivity index is 1.85. The van der Waals surface area contributed by atoms with Crippen molar-refractivity contribution in [3.63, 3.8) is 0 Å². The minimum absolute atomic E-state index is 0.0325. The van der Waals surface area contributed by atoms with Gasteiger partial charge >= 0.3 is 0 Å². The summed E-state index contributed by atoms with van der Waals surface area (Å²) in [6.07, 6.45) is 1.07. The zero-order valence-electron chi connectivity index (χ0n) is 12.8. The molecule has 1 fully saturated rings. The van der Waals surface area contributed by atoms with Crippen LogP contribution in [0.5, 0.6) is 11.5 Å². The first kappa shape index (κ1) is 16.6. The molecule has 0 saturated carbocycles. The summed E-state index contributed by atoms with van der Waals surface area (Å²) in [5.41, 5.74) is 1.01. The summed E-state index contributed by atoms with van der Waals surface area (Å²) in [6.45, 7) is 0.463. The number of carbonyl (C=O) groups is 1. The third-order valence-electron chi connectivity index (χ3n) is 3.76. The second-order valence-electron chi connectivity index (χ2n) is 5.33. The standard InChI is InChI=1S/C15H21NO5S/c1-20-13-4-3-11(9-14(13)21-2)5-7-16-15(17)12-6-8-22(18,19)10-12/h3-4,9,12H,5-8,10H2,1-2H3,(H,16,17)/t12-/m0/s1. The fraction of sp³-hybridized carbons (Fsp3) is 0.533. The quantitative estimate of drug-likeness (QED) is 0.836. The van der Waals surface area contributed by atoms with Gasteiger partial charge in [-0.15, -0.1) is 0 Å². The Bertz CT molecular complexity index is 641. The highest BCUT2D eigenvalue weighted by molar-refractivity contribution is 7.91. The van der Waals surface area contributed by atoms with Crippen LogP contribution in [-0.2, 0) is 21.1 Å². The highest BCUT2D eigenvalue weighted by Gasteiger charge is 2.32. The third kappa shape index (κ3) is 4.13. The first-order valence-electron chi connectivity index (χ1n) is 7.14. The van der Waals surface area contributed by atoms with Gasteiger partial charge < -0.3 is 14.8 Å². The van der Waals surface area contributed by atoms with Crippen molar-refractivity contribution in [2.24, 2.45) is 5.92 Å². The molecule has 1 aliphatic rings. The van der Waals surface area contributed by atoms with Crippen LogP contribution in [0.4, 0.5) is 0 Å². The summed E-state index contributed by atoms with van der Waals surface area (Å²) in [7, 11) is 0.124. The van der Waals surface area contributed by atoms with E-state index in [4.69, 9.17) is 9.47 Å². The second-order valence-corrected chi connectivity index (χ2v) is 7.56. The molecule has 0 bridgehead atoms. The van der Waals surface area contributed by atoms with Crippen LogP contribution in [0.25, 0.3) is 0 Å². The number of benzene rings is 1.